The van der Waals surface area contributed by atoms with E-state index in [0.717, 1.165) is 12.1 Å². The highest BCUT2D eigenvalue weighted by atomic mass is 35.5. The fraction of sp³-hybridized carbons (Fsp3) is 0.368. The number of aliphatic hydroxyl groups is 3. The van der Waals surface area contributed by atoms with Crippen LogP contribution < -0.4 is 11.1 Å². The molecular weight excluding hydrogens is 425 g/mol. The Hall–Kier alpha value is -2.40. The number of hydrogen-bond donors (Lipinski definition) is 5. The molecule has 4 atom stereocenters. The molecule has 0 saturated heterocycles. The summed E-state index contributed by atoms with van der Waals surface area (Å²) in [5.41, 5.74) is 5.68. The van der Waals surface area contributed by atoms with E-state index < -0.39 is 35.9 Å². The predicted octanol–water partition coefficient (Wildman–Crippen LogP) is 2.42. The summed E-state index contributed by atoms with van der Waals surface area (Å²) >= 11 is 6.17. The zero-order chi connectivity index (χ0) is 22.1. The number of nitrogens with one attached hydrogen (secondary N) is 1. The largest absolute Gasteiger partial charge is 0.416 e. The van der Waals surface area contributed by atoms with E-state index in [9.17, 15) is 28.5 Å². The molecular formula is C19H20ClF3N4O3. The van der Waals surface area contributed by atoms with Crippen LogP contribution in [0.4, 0.5) is 24.9 Å². The molecule has 3 rings (SSSR count). The van der Waals surface area contributed by atoms with Crippen LogP contribution in [0.3, 0.4) is 0 Å². The highest BCUT2D eigenvalue weighted by molar-refractivity contribution is 6.31. The smallest absolute Gasteiger partial charge is 0.396 e. The lowest BCUT2D eigenvalue weighted by Crippen LogP contribution is -2.35. The van der Waals surface area contributed by atoms with Crippen molar-refractivity contribution in [3.8, 4) is 0 Å². The summed E-state index contributed by atoms with van der Waals surface area (Å²) in [7, 11) is 0. The average Bonchev–Trinajstić information content (AvgIpc) is 2.94. The number of halogens is 4. The van der Waals surface area contributed by atoms with Gasteiger partial charge in [-0.25, -0.2) is 4.98 Å². The van der Waals surface area contributed by atoms with E-state index in [-0.39, 0.29) is 29.9 Å². The van der Waals surface area contributed by atoms with Gasteiger partial charge in [0.05, 0.1) is 23.3 Å². The van der Waals surface area contributed by atoms with Crippen LogP contribution >= 0.6 is 11.6 Å². The first-order valence-electron chi connectivity index (χ1n) is 9.02. The molecule has 0 aliphatic heterocycles. The van der Waals surface area contributed by atoms with Crippen LogP contribution in [0.2, 0.25) is 5.15 Å². The number of aliphatic hydroxyl groups excluding tert-OH is 3. The maximum absolute atomic E-state index is 12.7. The van der Waals surface area contributed by atoms with Crippen LogP contribution in [0.15, 0.2) is 24.3 Å². The van der Waals surface area contributed by atoms with E-state index in [1.54, 1.807) is 0 Å². The zero-order valence-electron chi connectivity index (χ0n) is 15.5. The molecule has 2 aromatic rings. The molecule has 7 nitrogen and oxygen atoms in total. The third-order valence-electron chi connectivity index (χ3n) is 4.96. The Morgan fingerprint density at radius 1 is 1.13 bits per heavy atom. The molecule has 1 saturated carbocycles. The summed E-state index contributed by atoms with van der Waals surface area (Å²) in [5, 5.41) is 32.5. The SMILES string of the molecule is Nc1nc(Cl)c(/C=C/c2ccc(C(F)(F)F)cc2)c(N[C@@H]2C[C@H](CO)[C@@H](O)[C@H]2O)n1. The standard InChI is InChI=1S/C19H20ClF3N4O3/c20-16-12(6-3-9-1-4-11(5-2-9)19(21,22)23)17(27-18(24)26-16)25-13-7-10(8-28)14(29)15(13)30/h1-6,10,13-15,28-30H,7-8H2,(H3,24,25,26,27)/b6-3+/t10-,13-,14-,15+/m1/s1. The Labute approximate surface area is 175 Å². The molecule has 11 heteroatoms. The van der Waals surface area contributed by atoms with Gasteiger partial charge in [0.1, 0.15) is 17.1 Å². The van der Waals surface area contributed by atoms with Crippen LogP contribution in [0, 0.1) is 5.92 Å². The van der Waals surface area contributed by atoms with Crippen molar-refractivity contribution in [1.29, 1.82) is 0 Å². The van der Waals surface area contributed by atoms with Crippen molar-refractivity contribution in [2.75, 3.05) is 17.7 Å². The fourth-order valence-electron chi connectivity index (χ4n) is 3.30. The number of alkyl halides is 3. The molecule has 0 bridgehead atoms. The van der Waals surface area contributed by atoms with Gasteiger partial charge in [0.25, 0.3) is 0 Å². The van der Waals surface area contributed by atoms with Crippen LogP contribution in [0.5, 0.6) is 0 Å². The fourth-order valence-corrected chi connectivity index (χ4v) is 3.54. The third kappa shape index (κ3) is 4.84. The van der Waals surface area contributed by atoms with Crippen LogP contribution in [-0.4, -0.2) is 50.1 Å². The minimum atomic E-state index is -4.42. The number of benzene rings is 1. The molecule has 1 aromatic heterocycles. The molecule has 1 aliphatic rings. The second kappa shape index (κ2) is 8.76. The monoisotopic (exact) mass is 444 g/mol. The molecule has 1 heterocycles. The van der Waals surface area contributed by atoms with Gasteiger partial charge in [-0.05, 0) is 30.2 Å². The quantitative estimate of drug-likeness (QED) is 0.448. The summed E-state index contributed by atoms with van der Waals surface area (Å²) in [4.78, 5) is 7.96. The van der Waals surface area contributed by atoms with Gasteiger partial charge in [0.2, 0.25) is 5.95 Å². The molecule has 1 aromatic carbocycles. The van der Waals surface area contributed by atoms with Crippen molar-refractivity contribution in [1.82, 2.24) is 9.97 Å². The Morgan fingerprint density at radius 3 is 2.37 bits per heavy atom. The van der Waals surface area contributed by atoms with Crippen molar-refractivity contribution in [3.05, 3.63) is 46.1 Å². The third-order valence-corrected chi connectivity index (χ3v) is 5.24. The van der Waals surface area contributed by atoms with Gasteiger partial charge >= 0.3 is 6.18 Å². The lowest BCUT2D eigenvalue weighted by molar-refractivity contribution is -0.137. The first kappa shape index (κ1) is 22.3. The molecule has 0 unspecified atom stereocenters. The van der Waals surface area contributed by atoms with Crippen molar-refractivity contribution in [3.63, 3.8) is 0 Å². The Bertz CT molecular complexity index is 924. The minimum absolute atomic E-state index is 0.0000879. The lowest BCUT2D eigenvalue weighted by Gasteiger charge is -2.20. The first-order chi connectivity index (χ1) is 14.1. The lowest BCUT2D eigenvalue weighted by atomic mass is 10.1. The highest BCUT2D eigenvalue weighted by Crippen LogP contribution is 2.32. The van der Waals surface area contributed by atoms with Crippen molar-refractivity contribution < 1.29 is 28.5 Å². The molecule has 30 heavy (non-hydrogen) atoms. The van der Waals surface area contributed by atoms with Gasteiger partial charge in [-0.15, -0.1) is 0 Å². The molecule has 1 aliphatic carbocycles. The molecule has 0 spiro atoms. The number of rotatable bonds is 5. The van der Waals surface area contributed by atoms with Crippen molar-refractivity contribution in [2.24, 2.45) is 5.92 Å². The Morgan fingerprint density at radius 2 is 1.80 bits per heavy atom. The zero-order valence-corrected chi connectivity index (χ0v) is 16.3. The predicted molar refractivity (Wildman–Crippen MR) is 106 cm³/mol. The Kier molecular flexibility index (Phi) is 6.51. The van der Waals surface area contributed by atoms with Crippen molar-refractivity contribution in [2.45, 2.75) is 30.8 Å². The molecule has 6 N–H and O–H groups in total. The van der Waals surface area contributed by atoms with Crippen LogP contribution in [0.1, 0.15) is 23.1 Å². The first-order valence-corrected chi connectivity index (χ1v) is 9.40. The number of hydrogen-bond acceptors (Lipinski definition) is 7. The molecule has 0 radical (unpaired) electrons. The van der Waals surface area contributed by atoms with Crippen LogP contribution in [-0.2, 0) is 6.18 Å². The Balaban J connectivity index is 1.86. The second-order valence-electron chi connectivity index (χ2n) is 7.00. The van der Waals surface area contributed by atoms with E-state index in [1.807, 2.05) is 0 Å². The number of nitrogens with two attached hydrogens (primary N) is 1. The van der Waals surface area contributed by atoms with E-state index in [0.29, 0.717) is 11.1 Å². The maximum Gasteiger partial charge on any atom is 0.416 e. The van der Waals surface area contributed by atoms with E-state index in [4.69, 9.17) is 17.3 Å². The number of aromatic nitrogens is 2. The van der Waals surface area contributed by atoms with E-state index >= 15 is 0 Å². The van der Waals surface area contributed by atoms with Gasteiger partial charge < -0.3 is 26.4 Å². The van der Waals surface area contributed by atoms with Gasteiger partial charge in [-0.3, -0.25) is 0 Å². The van der Waals surface area contributed by atoms with E-state index in [1.165, 1.54) is 24.3 Å². The summed E-state index contributed by atoms with van der Waals surface area (Å²) < 4.78 is 38.1. The van der Waals surface area contributed by atoms with Gasteiger partial charge in [-0.1, -0.05) is 29.8 Å². The molecule has 162 valence electrons. The topological polar surface area (TPSA) is 125 Å². The van der Waals surface area contributed by atoms with Gasteiger partial charge in [-0.2, -0.15) is 18.2 Å². The summed E-state index contributed by atoms with van der Waals surface area (Å²) in [6, 6.07) is 3.92. The highest BCUT2D eigenvalue weighted by Gasteiger charge is 2.41. The van der Waals surface area contributed by atoms with E-state index in [2.05, 4.69) is 15.3 Å². The summed E-state index contributed by atoms with van der Waals surface area (Å²) in [6.45, 7) is -0.288. The molecule has 1 fully saturated rings. The number of anilines is 2. The number of nitrogen functional groups attached to an aromatic ring is 1. The second-order valence-corrected chi connectivity index (χ2v) is 7.36. The molecule has 0 amide bonds. The minimum Gasteiger partial charge on any atom is -0.396 e. The normalized spacial score (nSPS) is 24.5. The van der Waals surface area contributed by atoms with Crippen LogP contribution in [0.25, 0.3) is 12.2 Å². The summed E-state index contributed by atoms with van der Waals surface area (Å²) in [6.07, 6.45) is -3.36. The van der Waals surface area contributed by atoms with Gasteiger partial charge in [0, 0.05) is 12.5 Å². The maximum atomic E-state index is 12.7. The number of nitrogens with zero attached hydrogens (tertiary/aromatic N) is 2. The average molecular weight is 445 g/mol. The van der Waals surface area contributed by atoms with Crippen molar-refractivity contribution >= 4 is 35.5 Å². The summed E-state index contributed by atoms with van der Waals surface area (Å²) in [5.74, 6) is -0.440. The van der Waals surface area contributed by atoms with Gasteiger partial charge in [0.15, 0.2) is 0 Å².